The second-order valence-corrected chi connectivity index (χ2v) is 5.67. The number of benzene rings is 1. The van der Waals surface area contributed by atoms with Gasteiger partial charge < -0.3 is 4.42 Å². The van der Waals surface area contributed by atoms with Gasteiger partial charge in [0.1, 0.15) is 0 Å². The Labute approximate surface area is 134 Å². The predicted molar refractivity (Wildman–Crippen MR) is 81.8 cm³/mol. The van der Waals surface area contributed by atoms with Gasteiger partial charge in [-0.15, -0.1) is 5.10 Å². The number of hydrogen-bond donors (Lipinski definition) is 0. The van der Waals surface area contributed by atoms with Crippen LogP contribution in [0.1, 0.15) is 5.89 Å². The summed E-state index contributed by atoms with van der Waals surface area (Å²) in [6.07, 6.45) is 2.18. The number of oxazole rings is 1. The highest BCUT2D eigenvalue weighted by Crippen LogP contribution is 2.25. The average molecular weight is 332 g/mol. The van der Waals surface area contributed by atoms with E-state index >= 15 is 0 Å². The molecule has 2 heterocycles. The lowest BCUT2D eigenvalue weighted by atomic mass is 10.2. The van der Waals surface area contributed by atoms with E-state index in [4.69, 9.17) is 4.42 Å². The number of nitro groups is 1. The molecule has 0 bridgehead atoms. The van der Waals surface area contributed by atoms with Crippen LogP contribution >= 0.6 is 11.8 Å². The summed E-state index contributed by atoms with van der Waals surface area (Å²) < 4.78 is 7.24. The second-order valence-electron chi connectivity index (χ2n) is 4.61. The van der Waals surface area contributed by atoms with E-state index in [1.165, 1.54) is 23.9 Å². The number of tetrazole rings is 1. The van der Waals surface area contributed by atoms with E-state index in [0.717, 1.165) is 5.16 Å². The molecule has 0 unspecified atom stereocenters. The number of thioether (sulfide) groups is 1. The summed E-state index contributed by atoms with van der Waals surface area (Å²) in [6, 6.07) is 6.26. The van der Waals surface area contributed by atoms with E-state index in [1.54, 1.807) is 30.1 Å². The summed E-state index contributed by atoms with van der Waals surface area (Å²) in [4.78, 5) is 14.6. The van der Waals surface area contributed by atoms with Crippen LogP contribution in [0.15, 0.2) is 40.0 Å². The van der Waals surface area contributed by atoms with E-state index in [9.17, 15) is 10.1 Å². The molecule has 0 atom stereocenters. The summed E-state index contributed by atoms with van der Waals surface area (Å²) in [5, 5.41) is 22.7. The summed E-state index contributed by atoms with van der Waals surface area (Å²) in [5.74, 6) is 1.78. The van der Waals surface area contributed by atoms with Gasteiger partial charge >= 0.3 is 0 Å². The van der Waals surface area contributed by atoms with Crippen molar-refractivity contribution in [3.63, 3.8) is 0 Å². The number of rotatable bonds is 6. The summed E-state index contributed by atoms with van der Waals surface area (Å²) in [7, 11) is 1.77. The van der Waals surface area contributed by atoms with Gasteiger partial charge in [0.25, 0.3) is 5.69 Å². The van der Waals surface area contributed by atoms with Gasteiger partial charge in [0.15, 0.2) is 11.7 Å². The van der Waals surface area contributed by atoms with Crippen molar-refractivity contribution < 1.29 is 9.34 Å². The highest BCUT2D eigenvalue weighted by molar-refractivity contribution is 7.99. The first-order valence-electron chi connectivity index (χ1n) is 6.68. The van der Waals surface area contributed by atoms with Crippen LogP contribution in [-0.2, 0) is 13.5 Å². The van der Waals surface area contributed by atoms with Gasteiger partial charge in [-0.25, -0.2) is 9.67 Å². The maximum absolute atomic E-state index is 10.8. The Kier molecular flexibility index (Phi) is 4.33. The quantitative estimate of drug-likeness (QED) is 0.383. The van der Waals surface area contributed by atoms with Crippen LogP contribution in [0.25, 0.3) is 11.3 Å². The second kappa shape index (κ2) is 6.57. The maximum Gasteiger partial charge on any atom is 0.270 e. The fourth-order valence-corrected chi connectivity index (χ4v) is 2.68. The third kappa shape index (κ3) is 3.54. The molecule has 0 N–H and O–H groups in total. The van der Waals surface area contributed by atoms with Gasteiger partial charge in [0.2, 0.25) is 5.16 Å². The van der Waals surface area contributed by atoms with Crippen molar-refractivity contribution in [2.45, 2.75) is 11.6 Å². The van der Waals surface area contributed by atoms with Crippen LogP contribution in [-0.4, -0.2) is 35.9 Å². The molecule has 2 aromatic heterocycles. The largest absolute Gasteiger partial charge is 0.441 e. The Hall–Kier alpha value is -2.75. The van der Waals surface area contributed by atoms with Gasteiger partial charge in [-0.1, -0.05) is 23.9 Å². The zero-order valence-electron chi connectivity index (χ0n) is 12.1. The lowest BCUT2D eigenvalue weighted by Crippen LogP contribution is -1.95. The zero-order valence-corrected chi connectivity index (χ0v) is 12.9. The molecule has 0 saturated heterocycles. The SMILES string of the molecule is Cn1nnnc1SCCc1ncc(-c2cccc([N+](=O)[O-])c2)o1. The molecule has 1 aromatic carbocycles. The van der Waals surface area contributed by atoms with Gasteiger partial charge in [0, 0.05) is 36.9 Å². The molecule has 3 aromatic rings. The Bertz CT molecular complexity index is 830. The minimum atomic E-state index is -0.438. The Balaban J connectivity index is 1.65. The standard InChI is InChI=1S/C13H12N6O3S/c1-18-13(15-16-17-18)23-6-5-12-14-8-11(22-12)9-3-2-4-10(7-9)19(20)21/h2-4,7-8H,5-6H2,1H3. The lowest BCUT2D eigenvalue weighted by Gasteiger charge is -1.98. The van der Waals surface area contributed by atoms with Crippen molar-refractivity contribution in [2.75, 3.05) is 5.75 Å². The fourth-order valence-electron chi connectivity index (χ4n) is 1.91. The lowest BCUT2D eigenvalue weighted by molar-refractivity contribution is -0.384. The summed E-state index contributed by atoms with van der Waals surface area (Å²) >= 11 is 1.50. The van der Waals surface area contributed by atoms with Crippen molar-refractivity contribution in [3.8, 4) is 11.3 Å². The average Bonchev–Trinajstić information content (AvgIpc) is 3.17. The molecular formula is C13H12N6O3S. The van der Waals surface area contributed by atoms with Crippen LogP contribution in [0.2, 0.25) is 0 Å². The van der Waals surface area contributed by atoms with Crippen molar-refractivity contribution in [2.24, 2.45) is 7.05 Å². The van der Waals surface area contributed by atoms with E-state index in [2.05, 4.69) is 20.5 Å². The van der Waals surface area contributed by atoms with Crippen LogP contribution in [0.3, 0.4) is 0 Å². The molecule has 0 aliphatic rings. The third-order valence-electron chi connectivity index (χ3n) is 3.02. The van der Waals surface area contributed by atoms with Crippen LogP contribution in [0, 0.1) is 10.1 Å². The molecule has 0 spiro atoms. The van der Waals surface area contributed by atoms with Gasteiger partial charge in [-0.2, -0.15) is 0 Å². The van der Waals surface area contributed by atoms with E-state index in [0.29, 0.717) is 29.4 Å². The highest BCUT2D eigenvalue weighted by Gasteiger charge is 2.11. The van der Waals surface area contributed by atoms with Gasteiger partial charge in [-0.3, -0.25) is 10.1 Å². The first-order chi connectivity index (χ1) is 11.1. The van der Waals surface area contributed by atoms with Crippen molar-refractivity contribution in [1.82, 2.24) is 25.2 Å². The maximum atomic E-state index is 10.8. The first kappa shape index (κ1) is 15.2. The van der Waals surface area contributed by atoms with Gasteiger partial charge in [-0.05, 0) is 10.4 Å². The van der Waals surface area contributed by atoms with Crippen molar-refractivity contribution in [3.05, 3.63) is 46.5 Å². The Morgan fingerprint density at radius 1 is 1.43 bits per heavy atom. The van der Waals surface area contributed by atoms with Crippen LogP contribution < -0.4 is 0 Å². The minimum absolute atomic E-state index is 0.0192. The number of hydrogen-bond acceptors (Lipinski definition) is 8. The normalized spacial score (nSPS) is 10.8. The van der Waals surface area contributed by atoms with E-state index in [-0.39, 0.29) is 5.69 Å². The number of non-ortho nitro benzene ring substituents is 1. The molecule has 0 fully saturated rings. The fraction of sp³-hybridized carbons (Fsp3) is 0.231. The van der Waals surface area contributed by atoms with E-state index in [1.807, 2.05) is 0 Å². The molecule has 0 radical (unpaired) electrons. The highest BCUT2D eigenvalue weighted by atomic mass is 32.2. The van der Waals surface area contributed by atoms with Crippen molar-refractivity contribution >= 4 is 17.4 Å². The van der Waals surface area contributed by atoms with Crippen LogP contribution in [0.4, 0.5) is 5.69 Å². The molecule has 0 saturated carbocycles. The number of aryl methyl sites for hydroxylation is 2. The van der Waals surface area contributed by atoms with Crippen LogP contribution in [0.5, 0.6) is 0 Å². The topological polar surface area (TPSA) is 113 Å². The molecule has 118 valence electrons. The number of aromatic nitrogens is 5. The Morgan fingerprint density at radius 2 is 2.30 bits per heavy atom. The number of nitro benzene ring substituents is 1. The third-order valence-corrected chi connectivity index (χ3v) is 4.04. The smallest absolute Gasteiger partial charge is 0.270 e. The molecule has 3 rings (SSSR count). The molecule has 23 heavy (non-hydrogen) atoms. The first-order valence-corrected chi connectivity index (χ1v) is 7.67. The van der Waals surface area contributed by atoms with Crippen molar-refractivity contribution in [1.29, 1.82) is 0 Å². The van der Waals surface area contributed by atoms with E-state index < -0.39 is 4.92 Å². The molecule has 9 nitrogen and oxygen atoms in total. The molecular weight excluding hydrogens is 320 g/mol. The Morgan fingerprint density at radius 3 is 3.04 bits per heavy atom. The molecule has 0 aliphatic carbocycles. The van der Waals surface area contributed by atoms with Gasteiger partial charge in [0.05, 0.1) is 11.1 Å². The number of nitrogens with zero attached hydrogens (tertiary/aromatic N) is 6. The molecule has 0 amide bonds. The summed E-state index contributed by atoms with van der Waals surface area (Å²) in [6.45, 7) is 0. The predicted octanol–water partition coefficient (Wildman–Crippen LogP) is 2.11. The summed E-state index contributed by atoms with van der Waals surface area (Å²) in [5.41, 5.74) is 0.647. The zero-order chi connectivity index (χ0) is 16.2. The molecule has 0 aliphatic heterocycles. The molecule has 10 heteroatoms. The monoisotopic (exact) mass is 332 g/mol. The minimum Gasteiger partial charge on any atom is -0.441 e.